The van der Waals surface area contributed by atoms with Crippen LogP contribution in [0.4, 0.5) is 5.69 Å². The van der Waals surface area contributed by atoms with E-state index in [1.807, 2.05) is 31.0 Å². The first-order chi connectivity index (χ1) is 12.1. The van der Waals surface area contributed by atoms with Gasteiger partial charge in [0.1, 0.15) is 5.75 Å². The number of aryl methyl sites for hydroxylation is 1. The van der Waals surface area contributed by atoms with Gasteiger partial charge in [0.2, 0.25) is 0 Å². The summed E-state index contributed by atoms with van der Waals surface area (Å²) in [5, 5.41) is 0. The normalized spacial score (nSPS) is 24.7. The first kappa shape index (κ1) is 18.7. The average Bonchev–Trinajstić information content (AvgIpc) is 2.58. The SMILES string of the molecule is Cc1cc2c(cc1C(=O)N(C)C1CCCC(C)C1)N(C)C(=O)C(C)(C)O2. The summed E-state index contributed by atoms with van der Waals surface area (Å²) < 4.78 is 5.89. The van der Waals surface area contributed by atoms with Crippen LogP contribution in [0.1, 0.15) is 62.4 Å². The first-order valence-electron chi connectivity index (χ1n) is 9.50. The lowest BCUT2D eigenvalue weighted by Gasteiger charge is -2.38. The highest BCUT2D eigenvalue weighted by Gasteiger charge is 2.40. The largest absolute Gasteiger partial charge is 0.476 e. The van der Waals surface area contributed by atoms with Gasteiger partial charge in [-0.1, -0.05) is 19.8 Å². The molecular formula is C21H30N2O3. The van der Waals surface area contributed by atoms with Crippen LogP contribution in [-0.4, -0.2) is 42.5 Å². The van der Waals surface area contributed by atoms with Crippen LogP contribution in [0, 0.1) is 12.8 Å². The number of nitrogens with zero attached hydrogens (tertiary/aromatic N) is 2. The Balaban J connectivity index is 1.92. The minimum atomic E-state index is -0.894. The van der Waals surface area contributed by atoms with Crippen molar-refractivity contribution in [1.82, 2.24) is 4.90 Å². The van der Waals surface area contributed by atoms with Gasteiger partial charge in [-0.2, -0.15) is 0 Å². The Hall–Kier alpha value is -2.04. The molecule has 1 saturated carbocycles. The van der Waals surface area contributed by atoms with Gasteiger partial charge in [0.05, 0.1) is 5.69 Å². The van der Waals surface area contributed by atoms with Crippen LogP contribution in [0.5, 0.6) is 5.75 Å². The molecule has 1 fully saturated rings. The van der Waals surface area contributed by atoms with Gasteiger partial charge >= 0.3 is 0 Å². The summed E-state index contributed by atoms with van der Waals surface area (Å²) >= 11 is 0. The Kier molecular flexibility index (Phi) is 4.76. The molecule has 5 heteroatoms. The number of hydrogen-bond acceptors (Lipinski definition) is 3. The second kappa shape index (κ2) is 6.60. The number of amides is 2. The van der Waals surface area contributed by atoms with Crippen LogP contribution in [0.25, 0.3) is 0 Å². The number of benzene rings is 1. The number of anilines is 1. The molecule has 3 rings (SSSR count). The monoisotopic (exact) mass is 358 g/mol. The second-order valence-corrected chi connectivity index (χ2v) is 8.45. The molecule has 0 N–H and O–H groups in total. The molecule has 1 aliphatic heterocycles. The maximum atomic E-state index is 13.2. The van der Waals surface area contributed by atoms with Crippen molar-refractivity contribution in [3.8, 4) is 5.75 Å². The van der Waals surface area contributed by atoms with Gasteiger partial charge in [0.15, 0.2) is 5.60 Å². The van der Waals surface area contributed by atoms with Crippen molar-refractivity contribution in [2.75, 3.05) is 19.0 Å². The Morgan fingerprint density at radius 2 is 2.00 bits per heavy atom. The zero-order chi connectivity index (χ0) is 19.2. The number of fused-ring (bicyclic) bond motifs is 1. The maximum absolute atomic E-state index is 13.2. The van der Waals surface area contributed by atoms with Gasteiger partial charge in [0.25, 0.3) is 11.8 Å². The van der Waals surface area contributed by atoms with Gasteiger partial charge in [-0.3, -0.25) is 9.59 Å². The highest BCUT2D eigenvalue weighted by atomic mass is 16.5. The van der Waals surface area contributed by atoms with Gasteiger partial charge in [-0.15, -0.1) is 0 Å². The molecule has 2 unspecified atom stereocenters. The fraction of sp³-hybridized carbons (Fsp3) is 0.619. The molecule has 2 amide bonds. The summed E-state index contributed by atoms with van der Waals surface area (Å²) in [5.41, 5.74) is 1.29. The van der Waals surface area contributed by atoms with Crippen molar-refractivity contribution in [1.29, 1.82) is 0 Å². The zero-order valence-corrected chi connectivity index (χ0v) is 16.8. The quantitative estimate of drug-likeness (QED) is 0.808. The van der Waals surface area contributed by atoms with Gasteiger partial charge < -0.3 is 14.5 Å². The summed E-state index contributed by atoms with van der Waals surface area (Å²) in [5.74, 6) is 1.23. The zero-order valence-electron chi connectivity index (χ0n) is 16.8. The maximum Gasteiger partial charge on any atom is 0.270 e. The Bertz CT molecular complexity index is 741. The molecule has 2 atom stereocenters. The minimum absolute atomic E-state index is 0.0232. The fourth-order valence-electron chi connectivity index (χ4n) is 4.19. The number of ether oxygens (including phenoxy) is 1. The molecule has 1 aromatic carbocycles. The van der Waals surface area contributed by atoms with E-state index in [-0.39, 0.29) is 17.9 Å². The summed E-state index contributed by atoms with van der Waals surface area (Å²) in [4.78, 5) is 29.1. The average molecular weight is 358 g/mol. The molecule has 5 nitrogen and oxygen atoms in total. The summed E-state index contributed by atoms with van der Waals surface area (Å²) in [7, 11) is 3.64. The predicted molar refractivity (Wildman–Crippen MR) is 103 cm³/mol. The number of carbonyl (C=O) groups excluding carboxylic acids is 2. The van der Waals surface area contributed by atoms with E-state index >= 15 is 0 Å². The standard InChI is InChI=1S/C21H30N2O3/c1-13-8-7-9-15(10-13)22(5)19(24)16-12-17-18(11-14(16)2)26-21(3,4)20(25)23(17)6/h11-13,15H,7-10H2,1-6H3. The summed E-state index contributed by atoms with van der Waals surface area (Å²) in [6.07, 6.45) is 4.54. The van der Waals surface area contributed by atoms with Crippen LogP contribution in [0.3, 0.4) is 0 Å². The molecule has 0 aromatic heterocycles. The van der Waals surface area contributed by atoms with Crippen LogP contribution in [0.15, 0.2) is 12.1 Å². The Morgan fingerprint density at radius 3 is 2.65 bits per heavy atom. The molecule has 1 aromatic rings. The third-order valence-corrected chi connectivity index (χ3v) is 5.86. The summed E-state index contributed by atoms with van der Waals surface area (Å²) in [6.45, 7) is 7.72. The first-order valence-corrected chi connectivity index (χ1v) is 9.50. The molecule has 26 heavy (non-hydrogen) atoms. The lowest BCUT2D eigenvalue weighted by Crippen LogP contribution is -2.51. The lowest BCUT2D eigenvalue weighted by molar-refractivity contribution is -0.132. The molecule has 142 valence electrons. The van der Waals surface area contributed by atoms with Crippen LogP contribution in [0.2, 0.25) is 0 Å². The van der Waals surface area contributed by atoms with Crippen molar-refractivity contribution in [2.24, 2.45) is 5.92 Å². The van der Waals surface area contributed by atoms with Crippen molar-refractivity contribution in [3.05, 3.63) is 23.3 Å². The van der Waals surface area contributed by atoms with E-state index in [0.29, 0.717) is 22.9 Å². The predicted octanol–water partition coefficient (Wildman–Crippen LogP) is 3.78. The second-order valence-electron chi connectivity index (χ2n) is 8.45. The van der Waals surface area contributed by atoms with E-state index in [1.165, 1.54) is 12.8 Å². The Morgan fingerprint density at radius 1 is 1.31 bits per heavy atom. The molecule has 2 aliphatic rings. The molecule has 1 aliphatic carbocycles. The molecule has 1 heterocycles. The number of hydrogen-bond donors (Lipinski definition) is 0. The van der Waals surface area contributed by atoms with Gasteiger partial charge in [-0.05, 0) is 57.2 Å². The highest BCUT2D eigenvalue weighted by Crippen LogP contribution is 2.39. The highest BCUT2D eigenvalue weighted by molar-refractivity contribution is 6.04. The van der Waals surface area contributed by atoms with E-state index in [0.717, 1.165) is 18.4 Å². The molecule has 0 bridgehead atoms. The van der Waals surface area contributed by atoms with Crippen molar-refractivity contribution in [2.45, 2.75) is 65.0 Å². The van der Waals surface area contributed by atoms with Crippen LogP contribution < -0.4 is 9.64 Å². The van der Waals surface area contributed by atoms with Crippen molar-refractivity contribution >= 4 is 17.5 Å². The fourth-order valence-corrected chi connectivity index (χ4v) is 4.19. The smallest absolute Gasteiger partial charge is 0.270 e. The van der Waals surface area contributed by atoms with Crippen molar-refractivity contribution in [3.63, 3.8) is 0 Å². The number of likely N-dealkylation sites (N-methyl/N-ethyl adjacent to an activating group) is 1. The van der Waals surface area contributed by atoms with Crippen LogP contribution in [-0.2, 0) is 4.79 Å². The van der Waals surface area contributed by atoms with E-state index in [2.05, 4.69) is 6.92 Å². The van der Waals surface area contributed by atoms with E-state index < -0.39 is 5.60 Å². The van der Waals surface area contributed by atoms with E-state index in [1.54, 1.807) is 25.8 Å². The van der Waals surface area contributed by atoms with Crippen molar-refractivity contribution < 1.29 is 14.3 Å². The molecule has 0 spiro atoms. The van der Waals surface area contributed by atoms with E-state index in [9.17, 15) is 9.59 Å². The molecule has 0 saturated heterocycles. The Labute approximate surface area is 156 Å². The minimum Gasteiger partial charge on any atom is -0.476 e. The van der Waals surface area contributed by atoms with Crippen LogP contribution >= 0.6 is 0 Å². The van der Waals surface area contributed by atoms with Gasteiger partial charge in [-0.25, -0.2) is 0 Å². The summed E-state index contributed by atoms with van der Waals surface area (Å²) in [6, 6.07) is 3.98. The number of rotatable bonds is 2. The van der Waals surface area contributed by atoms with E-state index in [4.69, 9.17) is 4.74 Å². The number of carbonyl (C=O) groups is 2. The lowest BCUT2D eigenvalue weighted by atomic mass is 9.86. The topological polar surface area (TPSA) is 49.9 Å². The molecule has 0 radical (unpaired) electrons. The molecular weight excluding hydrogens is 328 g/mol. The van der Waals surface area contributed by atoms with Gasteiger partial charge in [0, 0.05) is 25.7 Å². The third kappa shape index (κ3) is 3.19. The third-order valence-electron chi connectivity index (χ3n) is 5.86.